The van der Waals surface area contributed by atoms with E-state index in [2.05, 4.69) is 5.32 Å². The molecule has 2 N–H and O–H groups in total. The van der Waals surface area contributed by atoms with Gasteiger partial charge in [0, 0.05) is 6.04 Å². The fourth-order valence-corrected chi connectivity index (χ4v) is 3.28. The molecule has 2 rings (SSSR count). The number of allylic oxidation sites excluding steroid dienone is 2. The molecule has 0 bridgehead atoms. The maximum atomic E-state index is 12.3. The average Bonchev–Trinajstić information content (AvgIpc) is 2.92. The molecule has 3 atom stereocenters. The van der Waals surface area contributed by atoms with E-state index in [1.54, 1.807) is 0 Å². The van der Waals surface area contributed by atoms with Crippen molar-refractivity contribution in [3.05, 3.63) is 12.2 Å². The van der Waals surface area contributed by atoms with Gasteiger partial charge in [-0.05, 0) is 38.5 Å². The predicted octanol–water partition coefficient (Wildman–Crippen LogP) is 2.35. The quantitative estimate of drug-likeness (QED) is 0.767. The minimum absolute atomic E-state index is 0.0869. The summed E-state index contributed by atoms with van der Waals surface area (Å²) in [5, 5.41) is 12.2. The number of hydrogen-bond donors (Lipinski definition) is 2. The summed E-state index contributed by atoms with van der Waals surface area (Å²) in [5.41, 5.74) is 0. The molecule has 0 spiro atoms. The summed E-state index contributed by atoms with van der Waals surface area (Å²) in [7, 11) is 0. The highest BCUT2D eigenvalue weighted by atomic mass is 16.4. The van der Waals surface area contributed by atoms with Gasteiger partial charge in [0.25, 0.3) is 0 Å². The van der Waals surface area contributed by atoms with E-state index in [4.69, 9.17) is 0 Å². The average molecular weight is 265 g/mol. The first kappa shape index (κ1) is 14.1. The zero-order valence-corrected chi connectivity index (χ0v) is 11.5. The van der Waals surface area contributed by atoms with E-state index in [-0.39, 0.29) is 11.9 Å². The van der Waals surface area contributed by atoms with Crippen LogP contribution in [0.25, 0.3) is 0 Å². The molecule has 1 fully saturated rings. The van der Waals surface area contributed by atoms with E-state index in [1.807, 2.05) is 19.1 Å². The molecule has 0 aliphatic heterocycles. The topological polar surface area (TPSA) is 66.4 Å². The van der Waals surface area contributed by atoms with Crippen molar-refractivity contribution in [3.8, 4) is 0 Å². The molecular formula is C15H23NO3. The van der Waals surface area contributed by atoms with E-state index in [9.17, 15) is 14.7 Å². The highest BCUT2D eigenvalue weighted by molar-refractivity contribution is 5.85. The van der Waals surface area contributed by atoms with Gasteiger partial charge in [-0.15, -0.1) is 0 Å². The minimum Gasteiger partial charge on any atom is -0.481 e. The number of carboxylic acid groups (broad SMARTS) is 1. The largest absolute Gasteiger partial charge is 0.481 e. The van der Waals surface area contributed by atoms with Crippen molar-refractivity contribution in [2.24, 2.45) is 17.8 Å². The molecular weight excluding hydrogens is 242 g/mol. The summed E-state index contributed by atoms with van der Waals surface area (Å²) in [4.78, 5) is 23.5. The third kappa shape index (κ3) is 3.37. The highest BCUT2D eigenvalue weighted by Gasteiger charge is 2.35. The van der Waals surface area contributed by atoms with Crippen LogP contribution in [0.5, 0.6) is 0 Å². The minimum atomic E-state index is -0.863. The van der Waals surface area contributed by atoms with Crippen molar-refractivity contribution >= 4 is 11.9 Å². The second kappa shape index (κ2) is 6.22. The lowest BCUT2D eigenvalue weighted by Gasteiger charge is -2.27. The van der Waals surface area contributed by atoms with Gasteiger partial charge in [-0.2, -0.15) is 0 Å². The molecule has 0 aromatic rings. The molecule has 19 heavy (non-hydrogen) atoms. The van der Waals surface area contributed by atoms with Crippen molar-refractivity contribution < 1.29 is 14.7 Å². The molecule has 4 heteroatoms. The van der Waals surface area contributed by atoms with E-state index in [0.717, 1.165) is 0 Å². The van der Waals surface area contributed by atoms with Gasteiger partial charge in [0.15, 0.2) is 0 Å². The van der Waals surface area contributed by atoms with Gasteiger partial charge in [0.05, 0.1) is 11.8 Å². The molecule has 0 saturated heterocycles. The Balaban J connectivity index is 1.94. The number of carboxylic acids is 1. The SMILES string of the molecule is C[C@H](NC(=O)[C@@H]1CC=CC[C@@H]1C(=O)O)C1CCCC1. The number of aliphatic carboxylic acids is 1. The van der Waals surface area contributed by atoms with Gasteiger partial charge in [0.2, 0.25) is 5.91 Å². The summed E-state index contributed by atoms with van der Waals surface area (Å²) < 4.78 is 0. The summed E-state index contributed by atoms with van der Waals surface area (Å²) in [5.74, 6) is -1.37. The molecule has 0 radical (unpaired) electrons. The summed E-state index contributed by atoms with van der Waals surface area (Å²) in [6, 6.07) is 0.162. The zero-order valence-electron chi connectivity index (χ0n) is 11.5. The molecule has 0 heterocycles. The van der Waals surface area contributed by atoms with Gasteiger partial charge < -0.3 is 10.4 Å². The van der Waals surface area contributed by atoms with Gasteiger partial charge in [-0.3, -0.25) is 9.59 Å². The smallest absolute Gasteiger partial charge is 0.307 e. The molecule has 2 aliphatic carbocycles. The molecule has 1 amide bonds. The summed E-state index contributed by atoms with van der Waals surface area (Å²) in [6.07, 6.45) is 9.63. The first-order valence-corrected chi connectivity index (χ1v) is 7.27. The van der Waals surface area contributed by atoms with E-state index in [1.165, 1.54) is 25.7 Å². The Morgan fingerprint density at radius 3 is 2.32 bits per heavy atom. The normalized spacial score (nSPS) is 29.1. The highest BCUT2D eigenvalue weighted by Crippen LogP contribution is 2.29. The van der Waals surface area contributed by atoms with Crippen LogP contribution in [0, 0.1) is 17.8 Å². The third-order valence-electron chi connectivity index (χ3n) is 4.56. The van der Waals surface area contributed by atoms with Crippen molar-refractivity contribution in [2.45, 2.75) is 51.5 Å². The number of amides is 1. The zero-order chi connectivity index (χ0) is 13.8. The van der Waals surface area contributed by atoms with Crippen LogP contribution < -0.4 is 5.32 Å². The standard InChI is InChI=1S/C15H23NO3/c1-10(11-6-2-3-7-11)16-14(17)12-8-4-5-9-13(12)15(18)19/h4-5,10-13H,2-3,6-9H2,1H3,(H,16,17)(H,18,19)/t10-,12+,13-/m0/s1. The van der Waals surface area contributed by atoms with Crippen LogP contribution in [0.4, 0.5) is 0 Å². The van der Waals surface area contributed by atoms with Crippen molar-refractivity contribution in [3.63, 3.8) is 0 Å². The summed E-state index contributed by atoms with van der Waals surface area (Å²) >= 11 is 0. The van der Waals surface area contributed by atoms with Crippen molar-refractivity contribution in [2.75, 3.05) is 0 Å². The van der Waals surface area contributed by atoms with Crippen molar-refractivity contribution in [1.29, 1.82) is 0 Å². The Morgan fingerprint density at radius 2 is 1.74 bits per heavy atom. The fourth-order valence-electron chi connectivity index (χ4n) is 3.28. The van der Waals surface area contributed by atoms with Gasteiger partial charge in [0.1, 0.15) is 0 Å². The van der Waals surface area contributed by atoms with Crippen LogP contribution in [-0.2, 0) is 9.59 Å². The van der Waals surface area contributed by atoms with Crippen molar-refractivity contribution in [1.82, 2.24) is 5.32 Å². The van der Waals surface area contributed by atoms with Gasteiger partial charge >= 0.3 is 5.97 Å². The predicted molar refractivity (Wildman–Crippen MR) is 72.6 cm³/mol. The number of hydrogen-bond acceptors (Lipinski definition) is 2. The first-order chi connectivity index (χ1) is 9.09. The number of nitrogens with one attached hydrogen (secondary N) is 1. The Kier molecular flexibility index (Phi) is 4.61. The molecule has 0 aromatic carbocycles. The van der Waals surface area contributed by atoms with Crippen LogP contribution in [0.2, 0.25) is 0 Å². The Labute approximate surface area is 114 Å². The lowest BCUT2D eigenvalue weighted by molar-refractivity contribution is -0.147. The molecule has 4 nitrogen and oxygen atoms in total. The number of carbonyl (C=O) groups is 2. The molecule has 2 aliphatic rings. The molecule has 0 aromatic heterocycles. The van der Waals surface area contributed by atoms with Crippen LogP contribution in [-0.4, -0.2) is 23.0 Å². The van der Waals surface area contributed by atoms with E-state index >= 15 is 0 Å². The lowest BCUT2D eigenvalue weighted by atomic mass is 9.82. The van der Waals surface area contributed by atoms with Crippen LogP contribution >= 0.6 is 0 Å². The monoisotopic (exact) mass is 265 g/mol. The third-order valence-corrected chi connectivity index (χ3v) is 4.56. The maximum Gasteiger partial charge on any atom is 0.307 e. The Morgan fingerprint density at radius 1 is 1.16 bits per heavy atom. The fraction of sp³-hybridized carbons (Fsp3) is 0.733. The van der Waals surface area contributed by atoms with E-state index < -0.39 is 17.8 Å². The molecule has 1 saturated carbocycles. The number of rotatable bonds is 4. The van der Waals surface area contributed by atoms with Gasteiger partial charge in [-0.1, -0.05) is 25.0 Å². The van der Waals surface area contributed by atoms with Crippen LogP contribution in [0.1, 0.15) is 45.4 Å². The van der Waals surface area contributed by atoms with Crippen LogP contribution in [0.15, 0.2) is 12.2 Å². The second-order valence-electron chi connectivity index (χ2n) is 5.84. The second-order valence-corrected chi connectivity index (χ2v) is 5.84. The molecule has 106 valence electrons. The van der Waals surface area contributed by atoms with Crippen LogP contribution in [0.3, 0.4) is 0 Å². The lowest BCUT2D eigenvalue weighted by Crippen LogP contribution is -2.44. The number of carbonyl (C=O) groups excluding carboxylic acids is 1. The molecule has 0 unspecified atom stereocenters. The van der Waals surface area contributed by atoms with E-state index in [0.29, 0.717) is 18.8 Å². The Hall–Kier alpha value is -1.32. The maximum absolute atomic E-state index is 12.3. The first-order valence-electron chi connectivity index (χ1n) is 7.27. The van der Waals surface area contributed by atoms with Gasteiger partial charge in [-0.25, -0.2) is 0 Å². The summed E-state index contributed by atoms with van der Waals surface area (Å²) in [6.45, 7) is 2.04. The Bertz CT molecular complexity index is 372.